The van der Waals surface area contributed by atoms with E-state index in [1.165, 1.54) is 16.8 Å². The average molecular weight is 278 g/mol. The zero-order chi connectivity index (χ0) is 13.7. The standard InChI is InChI=1S/C15H20ClN3/c1-3-15-13(11-19(2)18-15)10-17-9-8-12-4-6-14(16)7-5-12/h4-7,11,17H,3,8-10H2,1-2H3. The van der Waals surface area contributed by atoms with Crippen LogP contribution in [-0.2, 0) is 26.4 Å². The van der Waals surface area contributed by atoms with Gasteiger partial charge in [-0.3, -0.25) is 4.68 Å². The van der Waals surface area contributed by atoms with Crippen LogP contribution in [0.4, 0.5) is 0 Å². The first-order chi connectivity index (χ1) is 9.19. The molecule has 1 aromatic carbocycles. The summed E-state index contributed by atoms with van der Waals surface area (Å²) >= 11 is 5.86. The van der Waals surface area contributed by atoms with E-state index < -0.39 is 0 Å². The first-order valence-electron chi connectivity index (χ1n) is 6.65. The molecule has 0 spiro atoms. The van der Waals surface area contributed by atoms with Crippen molar-refractivity contribution in [2.75, 3.05) is 6.54 Å². The summed E-state index contributed by atoms with van der Waals surface area (Å²) in [7, 11) is 1.97. The van der Waals surface area contributed by atoms with Gasteiger partial charge in [-0.05, 0) is 37.1 Å². The van der Waals surface area contributed by atoms with Crippen molar-refractivity contribution in [2.24, 2.45) is 7.05 Å². The van der Waals surface area contributed by atoms with Crippen molar-refractivity contribution in [1.29, 1.82) is 0 Å². The van der Waals surface area contributed by atoms with Crippen LogP contribution in [0.15, 0.2) is 30.5 Å². The predicted molar refractivity (Wildman–Crippen MR) is 79.4 cm³/mol. The van der Waals surface area contributed by atoms with Gasteiger partial charge in [0.05, 0.1) is 5.69 Å². The molecule has 1 aromatic heterocycles. The molecule has 2 rings (SSSR count). The number of nitrogens with one attached hydrogen (secondary N) is 1. The molecule has 0 aliphatic rings. The van der Waals surface area contributed by atoms with Gasteiger partial charge in [0, 0.05) is 30.4 Å². The Labute approximate surface area is 119 Å². The Balaban J connectivity index is 1.78. The van der Waals surface area contributed by atoms with Gasteiger partial charge in [-0.15, -0.1) is 0 Å². The zero-order valence-electron chi connectivity index (χ0n) is 11.5. The van der Waals surface area contributed by atoms with E-state index in [0.717, 1.165) is 31.0 Å². The van der Waals surface area contributed by atoms with Crippen LogP contribution >= 0.6 is 11.6 Å². The Morgan fingerprint density at radius 2 is 2.00 bits per heavy atom. The molecule has 0 aliphatic heterocycles. The molecule has 0 fully saturated rings. The molecule has 0 aliphatic carbocycles. The van der Waals surface area contributed by atoms with Crippen LogP contribution in [0.3, 0.4) is 0 Å². The lowest BCUT2D eigenvalue weighted by Gasteiger charge is -2.05. The second-order valence-corrected chi connectivity index (χ2v) is 5.12. The molecule has 0 bridgehead atoms. The summed E-state index contributed by atoms with van der Waals surface area (Å²) in [5.74, 6) is 0. The van der Waals surface area contributed by atoms with Gasteiger partial charge in [0.2, 0.25) is 0 Å². The Bertz CT molecular complexity index is 517. The van der Waals surface area contributed by atoms with Crippen LogP contribution in [0.25, 0.3) is 0 Å². The van der Waals surface area contributed by atoms with Crippen LogP contribution in [0.2, 0.25) is 5.02 Å². The minimum absolute atomic E-state index is 0.791. The van der Waals surface area contributed by atoms with Crippen LogP contribution in [-0.4, -0.2) is 16.3 Å². The molecule has 1 heterocycles. The van der Waals surface area contributed by atoms with Gasteiger partial charge in [-0.25, -0.2) is 0 Å². The molecule has 0 atom stereocenters. The Morgan fingerprint density at radius 1 is 1.26 bits per heavy atom. The number of hydrogen-bond donors (Lipinski definition) is 1. The molecule has 1 N–H and O–H groups in total. The van der Waals surface area contributed by atoms with Crippen LogP contribution < -0.4 is 5.32 Å². The molecule has 0 radical (unpaired) electrons. The van der Waals surface area contributed by atoms with Crippen molar-refractivity contribution in [3.8, 4) is 0 Å². The fourth-order valence-electron chi connectivity index (χ4n) is 2.14. The van der Waals surface area contributed by atoms with E-state index >= 15 is 0 Å². The van der Waals surface area contributed by atoms with Gasteiger partial charge >= 0.3 is 0 Å². The average Bonchev–Trinajstić information content (AvgIpc) is 2.77. The largest absolute Gasteiger partial charge is 0.312 e. The number of benzene rings is 1. The van der Waals surface area contributed by atoms with Crippen LogP contribution in [0, 0.1) is 0 Å². The third-order valence-corrected chi connectivity index (χ3v) is 3.40. The van der Waals surface area contributed by atoms with E-state index in [-0.39, 0.29) is 0 Å². The van der Waals surface area contributed by atoms with E-state index in [1.807, 2.05) is 23.9 Å². The molecule has 4 heteroatoms. The lowest BCUT2D eigenvalue weighted by Crippen LogP contribution is -2.17. The number of aryl methyl sites for hydroxylation is 2. The second kappa shape index (κ2) is 6.73. The Morgan fingerprint density at radius 3 is 2.68 bits per heavy atom. The highest BCUT2D eigenvalue weighted by molar-refractivity contribution is 6.30. The molecule has 3 nitrogen and oxygen atoms in total. The summed E-state index contributed by atoms with van der Waals surface area (Å²) < 4.78 is 1.88. The summed E-state index contributed by atoms with van der Waals surface area (Å²) in [6.07, 6.45) is 4.09. The lowest BCUT2D eigenvalue weighted by molar-refractivity contribution is 0.682. The minimum atomic E-state index is 0.791. The molecular weight excluding hydrogens is 258 g/mol. The molecule has 0 saturated carbocycles. The third kappa shape index (κ3) is 4.08. The summed E-state index contributed by atoms with van der Waals surface area (Å²) in [5, 5.41) is 8.70. The van der Waals surface area contributed by atoms with Gasteiger partial charge in [-0.1, -0.05) is 30.7 Å². The van der Waals surface area contributed by atoms with Gasteiger partial charge < -0.3 is 5.32 Å². The molecule has 19 heavy (non-hydrogen) atoms. The molecular formula is C15H20ClN3. The quantitative estimate of drug-likeness (QED) is 0.823. The fraction of sp³-hybridized carbons (Fsp3) is 0.400. The van der Waals surface area contributed by atoms with Crippen molar-refractivity contribution in [1.82, 2.24) is 15.1 Å². The number of nitrogens with zero attached hydrogens (tertiary/aromatic N) is 2. The van der Waals surface area contributed by atoms with Crippen molar-refractivity contribution in [3.05, 3.63) is 52.3 Å². The smallest absolute Gasteiger partial charge is 0.0666 e. The fourth-order valence-corrected chi connectivity index (χ4v) is 2.26. The normalized spacial score (nSPS) is 10.9. The van der Waals surface area contributed by atoms with E-state index in [0.29, 0.717) is 0 Å². The van der Waals surface area contributed by atoms with Crippen molar-refractivity contribution in [2.45, 2.75) is 26.3 Å². The monoisotopic (exact) mass is 277 g/mol. The first kappa shape index (κ1) is 14.1. The van der Waals surface area contributed by atoms with Crippen molar-refractivity contribution < 1.29 is 0 Å². The minimum Gasteiger partial charge on any atom is -0.312 e. The van der Waals surface area contributed by atoms with E-state index in [2.05, 4.69) is 35.7 Å². The van der Waals surface area contributed by atoms with Gasteiger partial charge in [0.1, 0.15) is 0 Å². The van der Waals surface area contributed by atoms with Crippen molar-refractivity contribution >= 4 is 11.6 Å². The predicted octanol–water partition coefficient (Wildman–Crippen LogP) is 2.97. The number of aromatic nitrogens is 2. The Hall–Kier alpha value is -1.32. The topological polar surface area (TPSA) is 29.9 Å². The maximum absolute atomic E-state index is 5.86. The van der Waals surface area contributed by atoms with E-state index in [1.54, 1.807) is 0 Å². The van der Waals surface area contributed by atoms with Gasteiger partial charge in [0.25, 0.3) is 0 Å². The highest BCUT2D eigenvalue weighted by Crippen LogP contribution is 2.10. The van der Waals surface area contributed by atoms with E-state index in [4.69, 9.17) is 11.6 Å². The number of hydrogen-bond acceptors (Lipinski definition) is 2. The van der Waals surface area contributed by atoms with Gasteiger partial charge in [0.15, 0.2) is 0 Å². The second-order valence-electron chi connectivity index (χ2n) is 4.68. The zero-order valence-corrected chi connectivity index (χ0v) is 12.2. The molecule has 0 saturated heterocycles. The van der Waals surface area contributed by atoms with Crippen molar-refractivity contribution in [3.63, 3.8) is 0 Å². The first-order valence-corrected chi connectivity index (χ1v) is 7.03. The maximum atomic E-state index is 5.86. The SMILES string of the molecule is CCc1nn(C)cc1CNCCc1ccc(Cl)cc1. The summed E-state index contributed by atoms with van der Waals surface area (Å²) in [4.78, 5) is 0. The third-order valence-electron chi connectivity index (χ3n) is 3.15. The maximum Gasteiger partial charge on any atom is 0.0666 e. The van der Waals surface area contributed by atoms with E-state index in [9.17, 15) is 0 Å². The number of halogens is 1. The Kier molecular flexibility index (Phi) is 5.00. The molecule has 2 aromatic rings. The number of rotatable bonds is 6. The van der Waals surface area contributed by atoms with Gasteiger partial charge in [-0.2, -0.15) is 5.10 Å². The summed E-state index contributed by atoms with van der Waals surface area (Å²) in [5.41, 5.74) is 3.78. The van der Waals surface area contributed by atoms with Crippen LogP contribution in [0.1, 0.15) is 23.7 Å². The highest BCUT2D eigenvalue weighted by atomic mass is 35.5. The highest BCUT2D eigenvalue weighted by Gasteiger charge is 2.04. The molecule has 102 valence electrons. The van der Waals surface area contributed by atoms with Crippen LogP contribution in [0.5, 0.6) is 0 Å². The molecule has 0 amide bonds. The lowest BCUT2D eigenvalue weighted by atomic mass is 10.1. The summed E-state index contributed by atoms with van der Waals surface area (Å²) in [6, 6.07) is 8.03. The summed E-state index contributed by atoms with van der Waals surface area (Å²) in [6.45, 7) is 3.98. The molecule has 0 unspecified atom stereocenters.